The van der Waals surface area contributed by atoms with Gasteiger partial charge in [0.15, 0.2) is 6.61 Å². The van der Waals surface area contributed by atoms with Crippen molar-refractivity contribution in [3.05, 3.63) is 29.3 Å². The Labute approximate surface area is 127 Å². The van der Waals surface area contributed by atoms with E-state index in [0.29, 0.717) is 0 Å². The summed E-state index contributed by atoms with van der Waals surface area (Å²) in [5, 5.41) is 9.58. The Bertz CT molecular complexity index is 656. The highest BCUT2D eigenvalue weighted by molar-refractivity contribution is 7.18. The van der Waals surface area contributed by atoms with Crippen LogP contribution in [0.4, 0.5) is 0 Å². The number of esters is 1. The molecule has 1 aliphatic carbocycles. The van der Waals surface area contributed by atoms with Crippen molar-refractivity contribution in [3.63, 3.8) is 0 Å². The molecule has 0 aliphatic heterocycles. The Morgan fingerprint density at radius 2 is 2.19 bits per heavy atom. The molecule has 0 radical (unpaired) electrons. The smallest absolute Gasteiger partial charge is 0.310 e. The van der Waals surface area contributed by atoms with E-state index in [9.17, 15) is 4.79 Å². The van der Waals surface area contributed by atoms with Crippen LogP contribution in [-0.4, -0.2) is 17.6 Å². The Kier molecular flexibility index (Phi) is 4.16. The van der Waals surface area contributed by atoms with Crippen molar-refractivity contribution in [2.75, 3.05) is 6.61 Å². The van der Waals surface area contributed by atoms with Crippen molar-refractivity contribution < 1.29 is 9.53 Å². The summed E-state index contributed by atoms with van der Waals surface area (Å²) in [4.78, 5) is 16.9. The molecule has 0 saturated heterocycles. The van der Waals surface area contributed by atoms with Gasteiger partial charge in [-0.15, -0.1) is 11.3 Å². The van der Waals surface area contributed by atoms with E-state index in [2.05, 4.69) is 6.07 Å². The Morgan fingerprint density at radius 3 is 3.00 bits per heavy atom. The zero-order valence-corrected chi connectivity index (χ0v) is 12.4. The van der Waals surface area contributed by atoms with Gasteiger partial charge in [-0.25, -0.2) is 4.98 Å². The third kappa shape index (κ3) is 2.91. The molecule has 0 unspecified atom stereocenters. The first-order valence-corrected chi connectivity index (χ1v) is 8.00. The average molecular weight is 300 g/mol. The molecule has 21 heavy (non-hydrogen) atoms. The lowest BCUT2D eigenvalue weighted by Gasteiger charge is -2.28. The van der Waals surface area contributed by atoms with E-state index in [4.69, 9.17) is 15.0 Å². The van der Waals surface area contributed by atoms with E-state index in [0.717, 1.165) is 40.9 Å². The van der Waals surface area contributed by atoms with Crippen molar-refractivity contribution >= 4 is 27.5 Å². The van der Waals surface area contributed by atoms with Crippen molar-refractivity contribution in [3.8, 4) is 6.07 Å². The fourth-order valence-electron chi connectivity index (χ4n) is 2.97. The number of hydrogen-bond donors (Lipinski definition) is 0. The fraction of sp³-hybridized carbons (Fsp3) is 0.438. The van der Waals surface area contributed by atoms with Crippen LogP contribution in [0.1, 0.15) is 36.6 Å². The Hall–Kier alpha value is -1.93. The molecule has 0 bridgehead atoms. The zero-order valence-electron chi connectivity index (χ0n) is 11.6. The predicted octanol–water partition coefficient (Wildman–Crippen LogP) is 3.64. The lowest BCUT2D eigenvalue weighted by Crippen LogP contribution is -2.27. The summed E-state index contributed by atoms with van der Waals surface area (Å²) < 4.78 is 6.19. The number of para-hydroxylation sites is 1. The standard InChI is InChI=1S/C16H16N2O2S/c17-9-10-20-16(19)12-6-2-1-5-11(12)15-18-13-7-3-4-8-14(13)21-15/h3-4,7-8,11-12H,1-2,5-6,10H2/t11-,12-/m0/s1. The van der Waals surface area contributed by atoms with Crippen LogP contribution in [0, 0.1) is 17.2 Å². The van der Waals surface area contributed by atoms with Crippen molar-refractivity contribution in [2.24, 2.45) is 5.92 Å². The summed E-state index contributed by atoms with van der Waals surface area (Å²) in [6.45, 7) is -0.165. The third-order valence-corrected chi connectivity index (χ3v) is 5.14. The molecular weight excluding hydrogens is 284 g/mol. The lowest BCUT2D eigenvalue weighted by atomic mass is 9.79. The number of thiazole rings is 1. The summed E-state index contributed by atoms with van der Waals surface area (Å²) in [5.41, 5.74) is 0.993. The zero-order chi connectivity index (χ0) is 14.7. The maximum absolute atomic E-state index is 12.2. The van der Waals surface area contributed by atoms with Crippen LogP contribution in [0.5, 0.6) is 0 Å². The minimum Gasteiger partial charge on any atom is -0.450 e. The maximum Gasteiger partial charge on any atom is 0.310 e. The van der Waals surface area contributed by atoms with Gasteiger partial charge < -0.3 is 4.74 Å². The molecule has 1 fully saturated rings. The van der Waals surface area contributed by atoms with Gasteiger partial charge in [0.05, 0.1) is 21.1 Å². The first kappa shape index (κ1) is 14.0. The highest BCUT2D eigenvalue weighted by atomic mass is 32.1. The molecule has 0 N–H and O–H groups in total. The topological polar surface area (TPSA) is 63.0 Å². The van der Waals surface area contributed by atoms with Crippen LogP contribution in [0.25, 0.3) is 10.2 Å². The quantitative estimate of drug-likeness (QED) is 0.812. The Balaban J connectivity index is 1.86. The molecule has 2 aromatic rings. The Morgan fingerprint density at radius 1 is 1.38 bits per heavy atom. The molecule has 1 aliphatic rings. The molecular formula is C16H16N2O2S. The summed E-state index contributed by atoms with van der Waals surface area (Å²) in [6.07, 6.45) is 3.94. The number of hydrogen-bond acceptors (Lipinski definition) is 5. The third-order valence-electron chi connectivity index (χ3n) is 3.98. The van der Waals surface area contributed by atoms with Gasteiger partial charge in [0.25, 0.3) is 0 Å². The van der Waals surface area contributed by atoms with E-state index >= 15 is 0 Å². The van der Waals surface area contributed by atoms with E-state index < -0.39 is 0 Å². The largest absolute Gasteiger partial charge is 0.450 e. The molecule has 2 atom stereocenters. The monoisotopic (exact) mass is 300 g/mol. The second-order valence-electron chi connectivity index (χ2n) is 5.28. The lowest BCUT2D eigenvalue weighted by molar-refractivity contribution is -0.148. The molecule has 0 amide bonds. The molecule has 3 rings (SSSR count). The minimum atomic E-state index is -0.250. The average Bonchev–Trinajstić information content (AvgIpc) is 2.96. The van der Waals surface area contributed by atoms with Crippen LogP contribution in [0.3, 0.4) is 0 Å². The number of benzene rings is 1. The van der Waals surface area contributed by atoms with E-state index in [1.165, 1.54) is 0 Å². The first-order chi connectivity index (χ1) is 10.3. The van der Waals surface area contributed by atoms with Crippen LogP contribution in [-0.2, 0) is 9.53 Å². The van der Waals surface area contributed by atoms with Gasteiger partial charge in [-0.2, -0.15) is 5.26 Å². The second-order valence-corrected chi connectivity index (χ2v) is 6.35. The van der Waals surface area contributed by atoms with Gasteiger partial charge in [-0.3, -0.25) is 4.79 Å². The first-order valence-electron chi connectivity index (χ1n) is 7.18. The summed E-state index contributed by atoms with van der Waals surface area (Å²) >= 11 is 1.66. The van der Waals surface area contributed by atoms with Crippen molar-refractivity contribution in [1.82, 2.24) is 4.98 Å². The molecule has 108 valence electrons. The number of rotatable bonds is 3. The second kappa shape index (κ2) is 6.23. The molecule has 5 heteroatoms. The molecule has 0 spiro atoms. The van der Waals surface area contributed by atoms with Gasteiger partial charge >= 0.3 is 5.97 Å². The van der Waals surface area contributed by atoms with Gasteiger partial charge in [0.1, 0.15) is 6.07 Å². The molecule has 1 saturated carbocycles. The van der Waals surface area contributed by atoms with Gasteiger partial charge in [-0.05, 0) is 25.0 Å². The number of carbonyl (C=O) groups excluding carboxylic acids is 1. The van der Waals surface area contributed by atoms with Crippen molar-refractivity contribution in [2.45, 2.75) is 31.6 Å². The van der Waals surface area contributed by atoms with Crippen LogP contribution >= 0.6 is 11.3 Å². The number of nitrogens with zero attached hydrogens (tertiary/aromatic N) is 2. The van der Waals surface area contributed by atoms with Crippen LogP contribution < -0.4 is 0 Å². The maximum atomic E-state index is 12.2. The van der Waals surface area contributed by atoms with Crippen LogP contribution in [0.15, 0.2) is 24.3 Å². The summed E-state index contributed by atoms with van der Waals surface area (Å²) in [7, 11) is 0. The van der Waals surface area contributed by atoms with Crippen molar-refractivity contribution in [1.29, 1.82) is 5.26 Å². The van der Waals surface area contributed by atoms with Gasteiger partial charge in [0, 0.05) is 5.92 Å². The number of nitriles is 1. The normalized spacial score (nSPS) is 21.9. The highest BCUT2D eigenvalue weighted by Crippen LogP contribution is 2.41. The number of carbonyl (C=O) groups is 1. The number of ether oxygens (including phenoxy) is 1. The summed E-state index contributed by atoms with van der Waals surface area (Å²) in [6, 6.07) is 9.90. The van der Waals surface area contributed by atoms with Crippen LogP contribution in [0.2, 0.25) is 0 Å². The minimum absolute atomic E-state index is 0.127. The molecule has 1 heterocycles. The highest BCUT2D eigenvalue weighted by Gasteiger charge is 2.35. The number of fused-ring (bicyclic) bond motifs is 1. The molecule has 4 nitrogen and oxygen atoms in total. The van der Waals surface area contributed by atoms with Gasteiger partial charge in [0.2, 0.25) is 0 Å². The molecule has 1 aromatic heterocycles. The predicted molar refractivity (Wildman–Crippen MR) is 80.9 cm³/mol. The number of aromatic nitrogens is 1. The van der Waals surface area contributed by atoms with E-state index in [1.807, 2.05) is 24.3 Å². The fourth-order valence-corrected chi connectivity index (χ4v) is 4.14. The van der Waals surface area contributed by atoms with E-state index in [-0.39, 0.29) is 24.4 Å². The molecule has 1 aromatic carbocycles. The van der Waals surface area contributed by atoms with E-state index in [1.54, 1.807) is 11.3 Å². The SMILES string of the molecule is N#CCOC(=O)[C@H]1CCCC[C@@H]1c1nc2ccccc2s1. The van der Waals surface area contributed by atoms with Gasteiger partial charge in [-0.1, -0.05) is 25.0 Å². The summed E-state index contributed by atoms with van der Waals surface area (Å²) in [5.74, 6) is -0.282.